The molecule has 3 nitrogen and oxygen atoms in total. The molecule has 1 atom stereocenters. The average molecular weight is 175 g/mol. The molecule has 0 saturated heterocycles. The molecule has 0 aliphatic heterocycles. The van der Waals surface area contributed by atoms with E-state index in [2.05, 4.69) is 4.85 Å². The van der Waals surface area contributed by atoms with Crippen molar-refractivity contribution in [2.45, 2.75) is 12.8 Å². The molecule has 0 heterocycles. The fourth-order valence-corrected chi connectivity index (χ4v) is 0.980. The summed E-state index contributed by atoms with van der Waals surface area (Å²) >= 11 is 0. The van der Waals surface area contributed by atoms with E-state index in [0.29, 0.717) is 5.69 Å². The van der Waals surface area contributed by atoms with Crippen LogP contribution < -0.4 is 0 Å². The minimum Gasteiger partial charge on any atom is -0.481 e. The Morgan fingerprint density at radius 1 is 1.46 bits per heavy atom. The van der Waals surface area contributed by atoms with E-state index in [9.17, 15) is 4.79 Å². The van der Waals surface area contributed by atoms with Gasteiger partial charge in [-0.15, -0.1) is 0 Å². The van der Waals surface area contributed by atoms with E-state index < -0.39 is 11.9 Å². The zero-order valence-electron chi connectivity index (χ0n) is 7.19. The van der Waals surface area contributed by atoms with E-state index >= 15 is 0 Å². The number of carboxylic acids is 1. The molecule has 0 aliphatic rings. The maximum atomic E-state index is 10.6. The lowest BCUT2D eigenvalue weighted by atomic mass is 10.0. The lowest BCUT2D eigenvalue weighted by molar-refractivity contribution is -0.138. The fourth-order valence-electron chi connectivity index (χ4n) is 0.980. The first-order chi connectivity index (χ1) is 6.15. The monoisotopic (exact) mass is 175 g/mol. The summed E-state index contributed by atoms with van der Waals surface area (Å²) < 4.78 is 0. The average Bonchev–Trinajstić information content (AvgIpc) is 2.17. The lowest BCUT2D eigenvalue weighted by Gasteiger charge is -2.05. The van der Waals surface area contributed by atoms with E-state index in [1.807, 2.05) is 0 Å². The Hall–Kier alpha value is -1.82. The number of aliphatic carboxylic acids is 1. The highest BCUT2D eigenvalue weighted by atomic mass is 16.4. The van der Waals surface area contributed by atoms with Gasteiger partial charge >= 0.3 is 5.97 Å². The van der Waals surface area contributed by atoms with Gasteiger partial charge in [0.05, 0.1) is 12.5 Å². The van der Waals surface area contributed by atoms with Crippen LogP contribution in [0.25, 0.3) is 4.85 Å². The van der Waals surface area contributed by atoms with Crippen LogP contribution in [0.2, 0.25) is 0 Å². The van der Waals surface area contributed by atoms with Gasteiger partial charge in [-0.3, -0.25) is 4.79 Å². The van der Waals surface area contributed by atoms with Crippen LogP contribution in [0.1, 0.15) is 18.4 Å². The first-order valence-electron chi connectivity index (χ1n) is 3.85. The third-order valence-corrected chi connectivity index (χ3v) is 1.89. The number of carboxylic acid groups (broad SMARTS) is 1. The number of benzene rings is 1. The summed E-state index contributed by atoms with van der Waals surface area (Å²) in [7, 11) is 0. The van der Waals surface area contributed by atoms with E-state index in [4.69, 9.17) is 11.7 Å². The molecule has 3 heteroatoms. The second-order valence-corrected chi connectivity index (χ2v) is 2.76. The smallest absolute Gasteiger partial charge is 0.310 e. The number of hydrogen-bond donors (Lipinski definition) is 1. The van der Waals surface area contributed by atoms with Crippen LogP contribution in [0, 0.1) is 6.57 Å². The highest BCUT2D eigenvalue weighted by Gasteiger charge is 2.12. The molecular weight excluding hydrogens is 166 g/mol. The van der Waals surface area contributed by atoms with Crippen LogP contribution in [0.4, 0.5) is 5.69 Å². The van der Waals surface area contributed by atoms with Gasteiger partial charge in [0.2, 0.25) is 0 Å². The number of hydrogen-bond acceptors (Lipinski definition) is 1. The number of nitrogens with zero attached hydrogens (tertiary/aromatic N) is 1. The Morgan fingerprint density at radius 3 is 2.38 bits per heavy atom. The van der Waals surface area contributed by atoms with Gasteiger partial charge in [-0.1, -0.05) is 24.3 Å². The van der Waals surface area contributed by atoms with Gasteiger partial charge in [0, 0.05) is 0 Å². The van der Waals surface area contributed by atoms with Gasteiger partial charge in [0.1, 0.15) is 0 Å². The van der Waals surface area contributed by atoms with Crippen molar-refractivity contribution in [3.05, 3.63) is 41.2 Å². The Balaban J connectivity index is 2.93. The van der Waals surface area contributed by atoms with Crippen LogP contribution >= 0.6 is 0 Å². The van der Waals surface area contributed by atoms with Crippen molar-refractivity contribution in [3.8, 4) is 0 Å². The Labute approximate surface area is 76.4 Å². The maximum absolute atomic E-state index is 10.6. The molecule has 1 aromatic carbocycles. The second-order valence-electron chi connectivity index (χ2n) is 2.76. The molecule has 0 amide bonds. The summed E-state index contributed by atoms with van der Waals surface area (Å²) in [6.45, 7) is 8.33. The molecule has 1 rings (SSSR count). The summed E-state index contributed by atoms with van der Waals surface area (Å²) in [4.78, 5) is 13.8. The zero-order chi connectivity index (χ0) is 9.84. The molecule has 0 bridgehead atoms. The van der Waals surface area contributed by atoms with Crippen LogP contribution in [0.5, 0.6) is 0 Å². The summed E-state index contributed by atoms with van der Waals surface area (Å²) in [6.07, 6.45) is 0. The van der Waals surface area contributed by atoms with Crippen molar-refractivity contribution in [3.63, 3.8) is 0 Å². The molecule has 13 heavy (non-hydrogen) atoms. The normalized spacial score (nSPS) is 11.7. The van der Waals surface area contributed by atoms with Crippen molar-refractivity contribution in [2.75, 3.05) is 0 Å². The third kappa shape index (κ3) is 2.06. The van der Waals surface area contributed by atoms with Gasteiger partial charge in [-0.2, -0.15) is 0 Å². The zero-order valence-corrected chi connectivity index (χ0v) is 7.19. The van der Waals surface area contributed by atoms with E-state index in [0.717, 1.165) is 5.56 Å². The SMILES string of the molecule is [C-]#[N+]c1ccc([C@H](C)C(=O)O)cc1. The summed E-state index contributed by atoms with van der Waals surface area (Å²) in [6, 6.07) is 6.60. The van der Waals surface area contributed by atoms with Gasteiger partial charge < -0.3 is 5.11 Å². The summed E-state index contributed by atoms with van der Waals surface area (Å²) in [5.41, 5.74) is 1.25. The minimum absolute atomic E-state index is 0.514. The first-order valence-corrected chi connectivity index (χ1v) is 3.85. The van der Waals surface area contributed by atoms with Crippen molar-refractivity contribution in [2.24, 2.45) is 0 Å². The molecule has 0 spiro atoms. The van der Waals surface area contributed by atoms with Crippen molar-refractivity contribution in [1.82, 2.24) is 0 Å². The molecule has 66 valence electrons. The maximum Gasteiger partial charge on any atom is 0.310 e. The van der Waals surface area contributed by atoms with Crippen LogP contribution in [0.3, 0.4) is 0 Å². The predicted molar refractivity (Wildman–Crippen MR) is 48.8 cm³/mol. The number of rotatable bonds is 2. The Bertz CT molecular complexity index is 348. The Morgan fingerprint density at radius 2 is 2.00 bits per heavy atom. The standard InChI is InChI=1S/C10H9NO2/c1-7(10(12)13)8-3-5-9(11-2)6-4-8/h3-7H,1H3,(H,12,13)/t7-/m0/s1. The molecule has 0 radical (unpaired) electrons. The second kappa shape index (κ2) is 3.72. The van der Waals surface area contributed by atoms with Crippen molar-refractivity contribution in [1.29, 1.82) is 0 Å². The third-order valence-electron chi connectivity index (χ3n) is 1.89. The van der Waals surface area contributed by atoms with Crippen LogP contribution in [-0.2, 0) is 4.79 Å². The molecule has 0 saturated carbocycles. The highest BCUT2D eigenvalue weighted by molar-refractivity contribution is 5.75. The van der Waals surface area contributed by atoms with E-state index in [1.165, 1.54) is 0 Å². The largest absolute Gasteiger partial charge is 0.481 e. The predicted octanol–water partition coefficient (Wildman–Crippen LogP) is 2.43. The summed E-state index contributed by atoms with van der Waals surface area (Å²) in [5, 5.41) is 8.70. The van der Waals surface area contributed by atoms with Gasteiger partial charge in [0.25, 0.3) is 0 Å². The molecule has 0 aromatic heterocycles. The molecule has 0 fully saturated rings. The van der Waals surface area contributed by atoms with E-state index in [-0.39, 0.29) is 0 Å². The minimum atomic E-state index is -0.851. The molecule has 1 aromatic rings. The van der Waals surface area contributed by atoms with Crippen LogP contribution in [0.15, 0.2) is 24.3 Å². The molecule has 0 unspecified atom stereocenters. The molecule has 1 N–H and O–H groups in total. The van der Waals surface area contributed by atoms with Gasteiger partial charge in [-0.05, 0) is 12.5 Å². The van der Waals surface area contributed by atoms with Gasteiger partial charge in [0.15, 0.2) is 5.69 Å². The summed E-state index contributed by atoms with van der Waals surface area (Å²) in [5.74, 6) is -1.37. The first kappa shape index (κ1) is 9.27. The quantitative estimate of drug-likeness (QED) is 0.701. The van der Waals surface area contributed by atoms with Crippen molar-refractivity contribution < 1.29 is 9.90 Å². The fraction of sp³-hybridized carbons (Fsp3) is 0.200. The van der Waals surface area contributed by atoms with Gasteiger partial charge in [-0.25, -0.2) is 4.85 Å². The van der Waals surface area contributed by atoms with Crippen molar-refractivity contribution >= 4 is 11.7 Å². The topological polar surface area (TPSA) is 41.7 Å². The molecule has 0 aliphatic carbocycles. The number of carbonyl (C=O) groups is 1. The highest BCUT2D eigenvalue weighted by Crippen LogP contribution is 2.19. The van der Waals surface area contributed by atoms with E-state index in [1.54, 1.807) is 31.2 Å². The van der Waals surface area contributed by atoms with Crippen LogP contribution in [-0.4, -0.2) is 11.1 Å². The lowest BCUT2D eigenvalue weighted by Crippen LogP contribution is -2.06. The molecular formula is C10H9NO2. The Kier molecular flexibility index (Phi) is 2.65.